The number of rotatable bonds is 3. The Kier molecular flexibility index (Phi) is 4.65. The molecule has 0 unspecified atom stereocenters. The first-order valence-electron chi connectivity index (χ1n) is 6.96. The maximum absolute atomic E-state index is 12.0. The van der Waals surface area contributed by atoms with E-state index in [1.54, 1.807) is 30.3 Å². The SMILES string of the molecule is O=C(/C=C/c1cccc(Cl)c1)Oc1ccc(Cl)c2ccccc12. The molecule has 3 rings (SSSR count). The summed E-state index contributed by atoms with van der Waals surface area (Å²) >= 11 is 12.1. The summed E-state index contributed by atoms with van der Waals surface area (Å²) in [6, 6.07) is 18.1. The Labute approximate surface area is 143 Å². The molecular weight excluding hydrogens is 331 g/mol. The number of ether oxygens (including phenoxy) is 1. The van der Waals surface area contributed by atoms with Gasteiger partial charge in [-0.1, -0.05) is 59.6 Å². The molecular formula is C19H12Cl2O2. The highest BCUT2D eigenvalue weighted by atomic mass is 35.5. The van der Waals surface area contributed by atoms with Crippen molar-refractivity contribution in [3.05, 3.63) is 82.3 Å². The summed E-state index contributed by atoms with van der Waals surface area (Å²) in [5.41, 5.74) is 0.829. The molecule has 0 aliphatic rings. The van der Waals surface area contributed by atoms with Crippen molar-refractivity contribution < 1.29 is 9.53 Å². The molecule has 0 bridgehead atoms. The fourth-order valence-corrected chi connectivity index (χ4v) is 2.67. The summed E-state index contributed by atoms with van der Waals surface area (Å²) in [7, 11) is 0. The van der Waals surface area contributed by atoms with Crippen LogP contribution in [0.5, 0.6) is 5.75 Å². The highest BCUT2D eigenvalue weighted by molar-refractivity contribution is 6.35. The van der Waals surface area contributed by atoms with Crippen molar-refractivity contribution in [3.8, 4) is 5.75 Å². The Hall–Kier alpha value is -2.29. The third kappa shape index (κ3) is 3.73. The van der Waals surface area contributed by atoms with E-state index in [4.69, 9.17) is 27.9 Å². The fourth-order valence-electron chi connectivity index (χ4n) is 2.24. The van der Waals surface area contributed by atoms with Gasteiger partial charge in [-0.3, -0.25) is 0 Å². The van der Waals surface area contributed by atoms with Crippen LogP contribution >= 0.6 is 23.2 Å². The van der Waals surface area contributed by atoms with Gasteiger partial charge in [0.05, 0.1) is 0 Å². The van der Waals surface area contributed by atoms with Crippen LogP contribution in [0.3, 0.4) is 0 Å². The molecule has 0 saturated heterocycles. The molecule has 0 atom stereocenters. The number of carbonyl (C=O) groups excluding carboxylic acids is 1. The zero-order chi connectivity index (χ0) is 16.2. The summed E-state index contributed by atoms with van der Waals surface area (Å²) in [6.45, 7) is 0. The first kappa shape index (κ1) is 15.6. The van der Waals surface area contributed by atoms with Crippen molar-refractivity contribution in [2.45, 2.75) is 0 Å². The first-order valence-corrected chi connectivity index (χ1v) is 7.72. The van der Waals surface area contributed by atoms with Gasteiger partial charge in [-0.25, -0.2) is 4.79 Å². The van der Waals surface area contributed by atoms with Gasteiger partial charge in [0.15, 0.2) is 0 Å². The van der Waals surface area contributed by atoms with E-state index < -0.39 is 5.97 Å². The smallest absolute Gasteiger partial charge is 0.336 e. The average molecular weight is 343 g/mol. The minimum Gasteiger partial charge on any atom is -0.423 e. The van der Waals surface area contributed by atoms with Crippen LogP contribution in [0.25, 0.3) is 16.8 Å². The van der Waals surface area contributed by atoms with Crippen LogP contribution in [0.4, 0.5) is 0 Å². The fraction of sp³-hybridized carbons (Fsp3) is 0. The lowest BCUT2D eigenvalue weighted by molar-refractivity contribution is -0.128. The summed E-state index contributed by atoms with van der Waals surface area (Å²) in [5, 5.41) is 2.88. The molecule has 0 amide bonds. The summed E-state index contributed by atoms with van der Waals surface area (Å²) in [6.07, 6.45) is 3.03. The third-order valence-corrected chi connectivity index (χ3v) is 3.87. The molecule has 0 radical (unpaired) electrons. The second-order valence-corrected chi connectivity index (χ2v) is 5.74. The van der Waals surface area contributed by atoms with Gasteiger partial charge >= 0.3 is 5.97 Å². The second kappa shape index (κ2) is 6.86. The quantitative estimate of drug-likeness (QED) is 0.343. The molecule has 2 nitrogen and oxygen atoms in total. The van der Waals surface area contributed by atoms with Crippen molar-refractivity contribution >= 4 is 46.0 Å². The van der Waals surface area contributed by atoms with Crippen LogP contribution < -0.4 is 4.74 Å². The van der Waals surface area contributed by atoms with E-state index >= 15 is 0 Å². The predicted molar refractivity (Wildman–Crippen MR) is 95.1 cm³/mol. The minimum absolute atomic E-state index is 0.461. The van der Waals surface area contributed by atoms with Gasteiger partial charge in [0, 0.05) is 26.9 Å². The number of esters is 1. The monoisotopic (exact) mass is 342 g/mol. The van der Waals surface area contributed by atoms with Gasteiger partial charge in [-0.2, -0.15) is 0 Å². The van der Waals surface area contributed by atoms with E-state index in [1.165, 1.54) is 6.08 Å². The Morgan fingerprint density at radius 3 is 2.48 bits per heavy atom. The van der Waals surface area contributed by atoms with Crippen molar-refractivity contribution in [3.63, 3.8) is 0 Å². The van der Waals surface area contributed by atoms with Crippen LogP contribution in [-0.2, 0) is 4.79 Å². The lowest BCUT2D eigenvalue weighted by atomic mass is 10.1. The van der Waals surface area contributed by atoms with Crippen LogP contribution in [0.15, 0.2) is 66.7 Å². The lowest BCUT2D eigenvalue weighted by Crippen LogP contribution is -2.04. The van der Waals surface area contributed by atoms with Crippen molar-refractivity contribution in [1.82, 2.24) is 0 Å². The maximum Gasteiger partial charge on any atom is 0.336 e. The average Bonchev–Trinajstić information content (AvgIpc) is 2.56. The van der Waals surface area contributed by atoms with Gasteiger partial charge in [0.1, 0.15) is 5.75 Å². The van der Waals surface area contributed by atoms with Crippen molar-refractivity contribution in [2.24, 2.45) is 0 Å². The molecule has 0 heterocycles. The van der Waals surface area contributed by atoms with E-state index in [9.17, 15) is 4.79 Å². The molecule has 3 aromatic carbocycles. The predicted octanol–water partition coefficient (Wildman–Crippen LogP) is 5.77. The number of benzene rings is 3. The Morgan fingerprint density at radius 1 is 0.913 bits per heavy atom. The van der Waals surface area contributed by atoms with E-state index in [2.05, 4.69) is 0 Å². The second-order valence-electron chi connectivity index (χ2n) is 4.90. The lowest BCUT2D eigenvalue weighted by Gasteiger charge is -2.07. The zero-order valence-corrected chi connectivity index (χ0v) is 13.5. The van der Waals surface area contributed by atoms with Crippen molar-refractivity contribution in [1.29, 1.82) is 0 Å². The summed E-state index contributed by atoms with van der Waals surface area (Å²) in [5.74, 6) is 0.0168. The standard InChI is InChI=1S/C19H12Cl2O2/c20-14-5-3-4-13(12-14)8-11-19(22)23-18-10-9-17(21)15-6-1-2-7-16(15)18/h1-12H/b11-8+. The Balaban J connectivity index is 1.82. The molecule has 0 aliphatic carbocycles. The Morgan fingerprint density at radius 2 is 1.70 bits per heavy atom. The minimum atomic E-state index is -0.461. The number of hydrogen-bond donors (Lipinski definition) is 0. The van der Waals surface area contributed by atoms with Gasteiger partial charge in [-0.05, 0) is 35.9 Å². The molecule has 114 valence electrons. The number of hydrogen-bond acceptors (Lipinski definition) is 2. The highest BCUT2D eigenvalue weighted by Gasteiger charge is 2.08. The van der Waals surface area contributed by atoms with E-state index in [-0.39, 0.29) is 0 Å². The molecule has 0 aromatic heterocycles. The van der Waals surface area contributed by atoms with Gasteiger partial charge < -0.3 is 4.74 Å². The first-order chi connectivity index (χ1) is 11.1. The maximum atomic E-state index is 12.0. The Bertz CT molecular complexity index is 901. The summed E-state index contributed by atoms with van der Waals surface area (Å²) < 4.78 is 5.42. The number of fused-ring (bicyclic) bond motifs is 1. The van der Waals surface area contributed by atoms with Gasteiger partial charge in [0.2, 0.25) is 0 Å². The molecule has 0 saturated carbocycles. The van der Waals surface area contributed by atoms with Crippen LogP contribution in [0, 0.1) is 0 Å². The molecule has 4 heteroatoms. The molecule has 0 aliphatic heterocycles. The third-order valence-electron chi connectivity index (χ3n) is 3.30. The van der Waals surface area contributed by atoms with Gasteiger partial charge in [0.25, 0.3) is 0 Å². The number of carbonyl (C=O) groups is 1. The van der Waals surface area contributed by atoms with E-state index in [0.29, 0.717) is 15.8 Å². The zero-order valence-electron chi connectivity index (χ0n) is 12.0. The van der Waals surface area contributed by atoms with E-state index in [0.717, 1.165) is 16.3 Å². The van der Waals surface area contributed by atoms with Crippen LogP contribution in [0.2, 0.25) is 10.0 Å². The topological polar surface area (TPSA) is 26.3 Å². The summed E-state index contributed by atoms with van der Waals surface area (Å²) in [4.78, 5) is 12.0. The number of halogens is 2. The molecule has 0 fully saturated rings. The van der Waals surface area contributed by atoms with E-state index in [1.807, 2.05) is 36.4 Å². The van der Waals surface area contributed by atoms with Crippen LogP contribution in [-0.4, -0.2) is 5.97 Å². The van der Waals surface area contributed by atoms with Gasteiger partial charge in [-0.15, -0.1) is 0 Å². The normalized spacial score (nSPS) is 11.0. The molecule has 0 spiro atoms. The largest absolute Gasteiger partial charge is 0.423 e. The molecule has 23 heavy (non-hydrogen) atoms. The van der Waals surface area contributed by atoms with Crippen molar-refractivity contribution in [2.75, 3.05) is 0 Å². The highest BCUT2D eigenvalue weighted by Crippen LogP contribution is 2.31. The van der Waals surface area contributed by atoms with Crippen LogP contribution in [0.1, 0.15) is 5.56 Å². The molecule has 0 N–H and O–H groups in total. The molecule has 3 aromatic rings.